The van der Waals surface area contributed by atoms with E-state index >= 15 is 0 Å². The summed E-state index contributed by atoms with van der Waals surface area (Å²) in [5.74, 6) is -0.590. The molecule has 0 heterocycles. The highest BCUT2D eigenvalue weighted by Crippen LogP contribution is 2.29. The third kappa shape index (κ3) is 3.14. The molecule has 21 heavy (non-hydrogen) atoms. The lowest BCUT2D eigenvalue weighted by atomic mass is 10.2. The van der Waals surface area contributed by atoms with Gasteiger partial charge in [0, 0.05) is 23.9 Å². The van der Waals surface area contributed by atoms with Gasteiger partial charge in [0.1, 0.15) is 11.5 Å². The van der Waals surface area contributed by atoms with Gasteiger partial charge in [-0.2, -0.15) is 0 Å². The number of hydrogen-bond acceptors (Lipinski definition) is 5. The van der Waals surface area contributed by atoms with Crippen molar-refractivity contribution in [3.8, 4) is 11.5 Å². The molecule has 2 rings (SSSR count). The van der Waals surface area contributed by atoms with Crippen LogP contribution in [0.3, 0.4) is 0 Å². The molecule has 0 aliphatic heterocycles. The summed E-state index contributed by atoms with van der Waals surface area (Å²) in [6.45, 7) is 0. The van der Waals surface area contributed by atoms with Crippen molar-refractivity contribution < 1.29 is 19.2 Å². The van der Waals surface area contributed by atoms with Crippen molar-refractivity contribution >= 4 is 17.6 Å². The maximum absolute atomic E-state index is 13.6. The van der Waals surface area contributed by atoms with Gasteiger partial charge >= 0.3 is 0 Å². The van der Waals surface area contributed by atoms with Crippen molar-refractivity contribution in [2.45, 2.75) is 0 Å². The van der Waals surface area contributed by atoms with Gasteiger partial charge in [0.05, 0.1) is 12.0 Å². The minimum atomic E-state index is -0.695. The highest BCUT2D eigenvalue weighted by atomic mass is 19.1. The van der Waals surface area contributed by atoms with E-state index in [1.807, 2.05) is 0 Å². The van der Waals surface area contributed by atoms with Crippen LogP contribution in [0.2, 0.25) is 0 Å². The van der Waals surface area contributed by atoms with E-state index in [4.69, 9.17) is 4.74 Å². The first-order chi connectivity index (χ1) is 10.0. The highest BCUT2D eigenvalue weighted by Gasteiger charge is 2.10. The standard InChI is InChI=1S/C14H11FN2O4/c1-21-13-4-2-3-9(14(13)18)8-16-12-7-10(17(19)20)5-6-11(12)15/h2-8,18H,1H3. The molecular formula is C14H11FN2O4. The molecule has 7 heteroatoms. The van der Waals surface area contributed by atoms with E-state index in [1.54, 1.807) is 18.2 Å². The van der Waals surface area contributed by atoms with Crippen molar-refractivity contribution in [3.05, 3.63) is 57.9 Å². The van der Waals surface area contributed by atoms with Crippen molar-refractivity contribution in [2.24, 2.45) is 4.99 Å². The van der Waals surface area contributed by atoms with Crippen LogP contribution in [0.4, 0.5) is 15.8 Å². The SMILES string of the molecule is COc1cccc(C=Nc2cc([N+](=O)[O-])ccc2F)c1O. The second-order valence-corrected chi connectivity index (χ2v) is 4.05. The maximum Gasteiger partial charge on any atom is 0.271 e. The van der Waals surface area contributed by atoms with Crippen LogP contribution in [0.1, 0.15) is 5.56 Å². The molecule has 0 spiro atoms. The van der Waals surface area contributed by atoms with E-state index in [2.05, 4.69) is 4.99 Å². The van der Waals surface area contributed by atoms with Crippen LogP contribution in [0.5, 0.6) is 11.5 Å². The monoisotopic (exact) mass is 290 g/mol. The van der Waals surface area contributed by atoms with E-state index in [-0.39, 0.29) is 22.9 Å². The number of hydrogen-bond donors (Lipinski definition) is 1. The van der Waals surface area contributed by atoms with Crippen LogP contribution in [-0.4, -0.2) is 23.4 Å². The van der Waals surface area contributed by atoms with E-state index < -0.39 is 10.7 Å². The normalized spacial score (nSPS) is 10.8. The smallest absolute Gasteiger partial charge is 0.271 e. The van der Waals surface area contributed by atoms with Gasteiger partial charge in [-0.05, 0) is 18.2 Å². The van der Waals surface area contributed by atoms with E-state index in [9.17, 15) is 19.6 Å². The van der Waals surface area contributed by atoms with Crippen molar-refractivity contribution in [3.63, 3.8) is 0 Å². The Morgan fingerprint density at radius 1 is 1.38 bits per heavy atom. The van der Waals surface area contributed by atoms with Crippen LogP contribution in [0.15, 0.2) is 41.4 Å². The molecule has 108 valence electrons. The molecule has 0 amide bonds. The number of phenolic OH excluding ortho intramolecular Hbond substituents is 1. The topological polar surface area (TPSA) is 85.0 Å². The van der Waals surface area contributed by atoms with E-state index in [1.165, 1.54) is 13.3 Å². The largest absolute Gasteiger partial charge is 0.504 e. The average Bonchev–Trinajstić information content (AvgIpc) is 2.47. The number of methoxy groups -OCH3 is 1. The number of aromatic hydroxyl groups is 1. The number of phenols is 1. The summed E-state index contributed by atoms with van der Waals surface area (Å²) in [6.07, 6.45) is 1.21. The molecular weight excluding hydrogens is 279 g/mol. The minimum absolute atomic E-state index is 0.144. The molecule has 0 atom stereocenters. The van der Waals surface area contributed by atoms with Gasteiger partial charge in [0.25, 0.3) is 5.69 Å². The van der Waals surface area contributed by atoms with E-state index in [0.717, 1.165) is 18.2 Å². The van der Waals surface area contributed by atoms with Crippen LogP contribution in [0.25, 0.3) is 0 Å². The Morgan fingerprint density at radius 2 is 2.14 bits per heavy atom. The predicted octanol–water partition coefficient (Wildman–Crippen LogP) is 3.20. The maximum atomic E-state index is 13.6. The minimum Gasteiger partial charge on any atom is -0.504 e. The van der Waals surface area contributed by atoms with Gasteiger partial charge < -0.3 is 9.84 Å². The number of non-ortho nitro benzene ring substituents is 1. The molecule has 0 aromatic heterocycles. The average molecular weight is 290 g/mol. The number of aliphatic imine (C=N–C) groups is 1. The fraction of sp³-hybridized carbons (Fsp3) is 0.0714. The fourth-order valence-electron chi connectivity index (χ4n) is 1.66. The zero-order valence-electron chi connectivity index (χ0n) is 11.0. The Kier molecular flexibility index (Phi) is 4.13. The number of nitro groups is 1. The predicted molar refractivity (Wildman–Crippen MR) is 75.0 cm³/mol. The molecule has 0 aliphatic carbocycles. The Labute approximate surface area is 119 Å². The van der Waals surface area contributed by atoms with Crippen LogP contribution in [0, 0.1) is 15.9 Å². The summed E-state index contributed by atoms with van der Waals surface area (Å²) >= 11 is 0. The number of nitrogens with zero attached hydrogens (tertiary/aromatic N) is 2. The van der Waals surface area contributed by atoms with Gasteiger partial charge in [0.2, 0.25) is 0 Å². The molecule has 0 fully saturated rings. The zero-order chi connectivity index (χ0) is 15.4. The van der Waals surface area contributed by atoms with Gasteiger partial charge in [-0.3, -0.25) is 15.1 Å². The van der Waals surface area contributed by atoms with Crippen LogP contribution >= 0.6 is 0 Å². The molecule has 6 nitrogen and oxygen atoms in total. The van der Waals surface area contributed by atoms with Crippen molar-refractivity contribution in [1.29, 1.82) is 0 Å². The summed E-state index contributed by atoms with van der Waals surface area (Å²) in [4.78, 5) is 13.8. The Hall–Kier alpha value is -2.96. The van der Waals surface area contributed by atoms with Gasteiger partial charge in [-0.25, -0.2) is 4.39 Å². The first kappa shape index (κ1) is 14.4. The first-order valence-electron chi connectivity index (χ1n) is 5.87. The first-order valence-corrected chi connectivity index (χ1v) is 5.87. The number of rotatable bonds is 4. The number of nitro benzene ring substituents is 1. The molecule has 0 unspecified atom stereocenters. The fourth-order valence-corrected chi connectivity index (χ4v) is 1.66. The summed E-state index contributed by atoms with van der Waals surface area (Å²) in [5, 5.41) is 20.5. The quantitative estimate of drug-likeness (QED) is 0.532. The third-order valence-electron chi connectivity index (χ3n) is 2.73. The summed E-state index contributed by atoms with van der Waals surface area (Å²) in [6, 6.07) is 7.78. The third-order valence-corrected chi connectivity index (χ3v) is 2.73. The summed E-state index contributed by atoms with van der Waals surface area (Å²) < 4.78 is 18.5. The van der Waals surface area contributed by atoms with Gasteiger partial charge in [-0.15, -0.1) is 0 Å². The second kappa shape index (κ2) is 6.00. The van der Waals surface area contributed by atoms with Crippen molar-refractivity contribution in [1.82, 2.24) is 0 Å². The number of ether oxygens (including phenoxy) is 1. The molecule has 2 aromatic carbocycles. The molecule has 2 aromatic rings. The lowest BCUT2D eigenvalue weighted by Gasteiger charge is -2.04. The van der Waals surface area contributed by atoms with Gasteiger partial charge in [0.15, 0.2) is 11.5 Å². The Bertz CT molecular complexity index is 716. The number of halogens is 1. The molecule has 0 saturated heterocycles. The van der Waals surface area contributed by atoms with Crippen LogP contribution < -0.4 is 4.74 Å². The summed E-state index contributed by atoms with van der Waals surface area (Å²) in [7, 11) is 1.40. The molecule has 0 saturated carbocycles. The molecule has 0 bridgehead atoms. The van der Waals surface area contributed by atoms with Gasteiger partial charge in [-0.1, -0.05) is 6.07 Å². The lowest BCUT2D eigenvalue weighted by Crippen LogP contribution is -1.90. The molecule has 0 aliphatic rings. The molecule has 0 radical (unpaired) electrons. The van der Waals surface area contributed by atoms with Crippen LogP contribution in [-0.2, 0) is 0 Å². The van der Waals surface area contributed by atoms with E-state index in [0.29, 0.717) is 5.56 Å². The molecule has 1 N–H and O–H groups in total. The summed E-state index contributed by atoms with van der Waals surface area (Å²) in [5.41, 5.74) is -0.148. The highest BCUT2D eigenvalue weighted by molar-refractivity contribution is 5.86. The zero-order valence-corrected chi connectivity index (χ0v) is 11.0. The number of para-hydroxylation sites is 1. The second-order valence-electron chi connectivity index (χ2n) is 4.05. The number of benzene rings is 2. The van der Waals surface area contributed by atoms with Crippen molar-refractivity contribution in [2.75, 3.05) is 7.11 Å². The Balaban J connectivity index is 2.38. The Morgan fingerprint density at radius 3 is 2.81 bits per heavy atom. The lowest BCUT2D eigenvalue weighted by molar-refractivity contribution is -0.384.